The zero-order valence-electron chi connectivity index (χ0n) is 15.6. The summed E-state index contributed by atoms with van der Waals surface area (Å²) in [5, 5.41) is 3.64. The van der Waals surface area contributed by atoms with E-state index in [2.05, 4.69) is 27.8 Å². The van der Waals surface area contributed by atoms with Crippen molar-refractivity contribution in [3.8, 4) is 0 Å². The molecule has 1 atom stereocenters. The van der Waals surface area contributed by atoms with Gasteiger partial charge in [-0.25, -0.2) is 4.98 Å². The van der Waals surface area contributed by atoms with Crippen LogP contribution in [0.3, 0.4) is 0 Å². The first-order valence-corrected chi connectivity index (χ1v) is 10.9. The highest BCUT2D eigenvalue weighted by molar-refractivity contribution is 7.13. The van der Waals surface area contributed by atoms with Crippen molar-refractivity contribution >= 4 is 39.7 Å². The summed E-state index contributed by atoms with van der Waals surface area (Å²) in [7, 11) is 0. The molecule has 1 amide bonds. The molecule has 1 aromatic heterocycles. The van der Waals surface area contributed by atoms with Crippen molar-refractivity contribution in [1.82, 2.24) is 9.88 Å². The van der Waals surface area contributed by atoms with Crippen molar-refractivity contribution in [2.75, 3.05) is 49.1 Å². The first-order valence-electron chi connectivity index (χ1n) is 9.60. The molecule has 0 N–H and O–H groups in total. The summed E-state index contributed by atoms with van der Waals surface area (Å²) in [6, 6.07) is 8.00. The molecule has 2 fully saturated rings. The molecule has 2 aliphatic heterocycles. The fourth-order valence-corrected chi connectivity index (χ4v) is 4.91. The smallest absolute Gasteiger partial charge is 0.273 e. The lowest BCUT2D eigenvalue weighted by molar-refractivity contribution is 0.0678. The zero-order chi connectivity index (χ0) is 18.8. The Balaban J connectivity index is 1.37. The number of piperidine rings is 1. The zero-order valence-corrected chi connectivity index (χ0v) is 17.2. The van der Waals surface area contributed by atoms with Crippen LogP contribution in [-0.2, 0) is 0 Å². The number of thiazole rings is 1. The lowest BCUT2D eigenvalue weighted by atomic mass is 10.0. The summed E-state index contributed by atoms with van der Waals surface area (Å²) in [5.41, 5.74) is 1.76. The van der Waals surface area contributed by atoms with Gasteiger partial charge in [-0.1, -0.05) is 24.6 Å². The van der Waals surface area contributed by atoms with E-state index in [1.54, 1.807) is 11.3 Å². The molecule has 0 radical (unpaired) electrons. The summed E-state index contributed by atoms with van der Waals surface area (Å²) >= 11 is 7.69. The number of anilines is 2. The number of aromatic nitrogens is 1. The number of hydrogen-bond donors (Lipinski definition) is 0. The van der Waals surface area contributed by atoms with Crippen molar-refractivity contribution in [1.29, 1.82) is 0 Å². The Morgan fingerprint density at radius 3 is 2.70 bits per heavy atom. The minimum absolute atomic E-state index is 0.0848. The number of piperazine rings is 1. The highest BCUT2D eigenvalue weighted by Crippen LogP contribution is 2.26. The van der Waals surface area contributed by atoms with Gasteiger partial charge in [0.05, 0.1) is 0 Å². The van der Waals surface area contributed by atoms with E-state index >= 15 is 0 Å². The summed E-state index contributed by atoms with van der Waals surface area (Å²) in [6.07, 6.45) is 2.30. The summed E-state index contributed by atoms with van der Waals surface area (Å²) < 4.78 is 0. The molecule has 4 rings (SSSR count). The second-order valence-electron chi connectivity index (χ2n) is 7.47. The fourth-order valence-electron chi connectivity index (χ4n) is 3.87. The molecular weight excluding hydrogens is 380 g/mol. The number of amides is 1. The average molecular weight is 405 g/mol. The second kappa shape index (κ2) is 8.07. The van der Waals surface area contributed by atoms with Gasteiger partial charge in [-0.2, -0.15) is 0 Å². The van der Waals surface area contributed by atoms with E-state index in [0.717, 1.165) is 61.5 Å². The average Bonchev–Trinajstić information content (AvgIpc) is 3.18. The molecule has 0 bridgehead atoms. The Morgan fingerprint density at radius 1 is 1.19 bits per heavy atom. The minimum Gasteiger partial charge on any atom is -0.368 e. The van der Waals surface area contributed by atoms with E-state index in [9.17, 15) is 4.79 Å². The summed E-state index contributed by atoms with van der Waals surface area (Å²) in [4.78, 5) is 24.0. The lowest BCUT2D eigenvalue weighted by Crippen LogP contribution is -2.46. The topological polar surface area (TPSA) is 39.7 Å². The van der Waals surface area contributed by atoms with Crippen molar-refractivity contribution in [2.45, 2.75) is 19.8 Å². The van der Waals surface area contributed by atoms with Gasteiger partial charge in [0.25, 0.3) is 5.91 Å². The van der Waals surface area contributed by atoms with Gasteiger partial charge in [0, 0.05) is 55.4 Å². The summed E-state index contributed by atoms with van der Waals surface area (Å²) in [5.74, 6) is 0.669. The van der Waals surface area contributed by atoms with Crippen LogP contribution in [0.1, 0.15) is 30.3 Å². The lowest BCUT2D eigenvalue weighted by Gasteiger charge is -2.36. The van der Waals surface area contributed by atoms with Crippen LogP contribution in [0.5, 0.6) is 0 Å². The SMILES string of the molecule is CC1CCCN(C(=O)c2csc(N3CCN(c4cccc(Cl)c4)CC3)n2)C1. The number of nitrogens with zero attached hydrogens (tertiary/aromatic N) is 4. The summed E-state index contributed by atoms with van der Waals surface area (Å²) in [6.45, 7) is 7.56. The van der Waals surface area contributed by atoms with Gasteiger partial charge in [0.15, 0.2) is 5.13 Å². The van der Waals surface area contributed by atoms with Crippen LogP contribution in [-0.4, -0.2) is 55.1 Å². The Labute approximate surface area is 169 Å². The van der Waals surface area contributed by atoms with Crippen LogP contribution in [0.2, 0.25) is 5.02 Å². The largest absolute Gasteiger partial charge is 0.368 e. The molecule has 2 saturated heterocycles. The van der Waals surface area contributed by atoms with Gasteiger partial charge in [-0.3, -0.25) is 4.79 Å². The van der Waals surface area contributed by atoms with Crippen LogP contribution >= 0.6 is 22.9 Å². The first kappa shape index (κ1) is 18.6. The van der Waals surface area contributed by atoms with E-state index < -0.39 is 0 Å². The quantitative estimate of drug-likeness (QED) is 0.775. The normalized spacial score (nSPS) is 20.8. The predicted molar refractivity (Wildman–Crippen MR) is 112 cm³/mol. The Morgan fingerprint density at radius 2 is 1.96 bits per heavy atom. The van der Waals surface area contributed by atoms with Crippen molar-refractivity contribution in [3.05, 3.63) is 40.4 Å². The third-order valence-electron chi connectivity index (χ3n) is 5.38. The molecule has 1 aromatic carbocycles. The van der Waals surface area contributed by atoms with Crippen molar-refractivity contribution in [2.24, 2.45) is 5.92 Å². The number of likely N-dealkylation sites (tertiary alicyclic amines) is 1. The maximum absolute atomic E-state index is 12.7. The van der Waals surface area contributed by atoms with Crippen LogP contribution < -0.4 is 9.80 Å². The minimum atomic E-state index is 0.0848. The monoisotopic (exact) mass is 404 g/mol. The number of benzene rings is 1. The van der Waals surface area contributed by atoms with Gasteiger partial charge >= 0.3 is 0 Å². The molecule has 2 aromatic rings. The first-order chi connectivity index (χ1) is 13.1. The third kappa shape index (κ3) is 4.22. The van der Waals surface area contributed by atoms with E-state index in [-0.39, 0.29) is 5.91 Å². The van der Waals surface area contributed by atoms with E-state index in [1.807, 2.05) is 28.5 Å². The fraction of sp³-hybridized carbons (Fsp3) is 0.500. The number of rotatable bonds is 3. The van der Waals surface area contributed by atoms with E-state index in [0.29, 0.717) is 11.6 Å². The van der Waals surface area contributed by atoms with Gasteiger partial charge in [-0.15, -0.1) is 11.3 Å². The highest BCUT2D eigenvalue weighted by atomic mass is 35.5. The maximum atomic E-state index is 12.7. The van der Waals surface area contributed by atoms with Crippen LogP contribution in [0, 0.1) is 5.92 Å². The molecule has 1 unspecified atom stereocenters. The van der Waals surface area contributed by atoms with Gasteiger partial charge in [-0.05, 0) is 37.0 Å². The molecule has 0 spiro atoms. The standard InChI is InChI=1S/C20H25ClN4OS/c1-15-4-3-7-25(13-15)19(26)18-14-27-20(22-18)24-10-8-23(9-11-24)17-6-2-5-16(21)12-17/h2,5-6,12,14-15H,3-4,7-11,13H2,1H3. The van der Waals surface area contributed by atoms with Gasteiger partial charge < -0.3 is 14.7 Å². The van der Waals surface area contributed by atoms with E-state index in [1.165, 1.54) is 6.42 Å². The molecule has 0 saturated carbocycles. The third-order valence-corrected chi connectivity index (χ3v) is 6.52. The van der Waals surface area contributed by atoms with Gasteiger partial charge in [0.1, 0.15) is 5.69 Å². The predicted octanol–water partition coefficient (Wildman–Crippen LogP) is 4.00. The van der Waals surface area contributed by atoms with Crippen molar-refractivity contribution < 1.29 is 4.79 Å². The Hall–Kier alpha value is -1.79. The second-order valence-corrected chi connectivity index (χ2v) is 8.74. The van der Waals surface area contributed by atoms with Gasteiger partial charge in [0.2, 0.25) is 0 Å². The number of halogens is 1. The number of hydrogen-bond acceptors (Lipinski definition) is 5. The molecule has 5 nitrogen and oxygen atoms in total. The van der Waals surface area contributed by atoms with E-state index in [4.69, 9.17) is 11.6 Å². The molecule has 3 heterocycles. The molecule has 144 valence electrons. The van der Waals surface area contributed by atoms with Crippen molar-refractivity contribution in [3.63, 3.8) is 0 Å². The Kier molecular flexibility index (Phi) is 5.55. The highest BCUT2D eigenvalue weighted by Gasteiger charge is 2.25. The molecule has 2 aliphatic rings. The molecule has 27 heavy (non-hydrogen) atoms. The number of carbonyl (C=O) groups excluding carboxylic acids is 1. The molecule has 7 heteroatoms. The van der Waals surface area contributed by atoms with Crippen LogP contribution in [0.25, 0.3) is 0 Å². The molecular formula is C20H25ClN4OS. The Bertz CT molecular complexity index is 803. The number of carbonyl (C=O) groups is 1. The molecule has 0 aliphatic carbocycles. The van der Waals surface area contributed by atoms with Crippen LogP contribution in [0.15, 0.2) is 29.6 Å². The van der Waals surface area contributed by atoms with Crippen LogP contribution in [0.4, 0.5) is 10.8 Å². The maximum Gasteiger partial charge on any atom is 0.273 e.